The van der Waals surface area contributed by atoms with Crippen molar-refractivity contribution < 1.29 is 18.3 Å². The number of hydrogen-bond donors (Lipinski definition) is 2. The predicted octanol–water partition coefficient (Wildman–Crippen LogP) is 4.01. The molecule has 3 rings (SSSR count). The van der Waals surface area contributed by atoms with Crippen molar-refractivity contribution >= 4 is 39.4 Å². The van der Waals surface area contributed by atoms with Gasteiger partial charge in [-0.1, -0.05) is 47.5 Å². The van der Waals surface area contributed by atoms with Gasteiger partial charge in [-0.15, -0.1) is 0 Å². The van der Waals surface area contributed by atoms with Crippen LogP contribution >= 0.6 is 11.6 Å². The highest BCUT2D eigenvalue weighted by Gasteiger charge is 2.28. The van der Waals surface area contributed by atoms with Gasteiger partial charge in [-0.25, -0.2) is 13.8 Å². The first-order chi connectivity index (χ1) is 15.2. The molecule has 0 aromatic heterocycles. The number of hydrazone groups is 1. The molecule has 166 valence electrons. The van der Waals surface area contributed by atoms with E-state index in [1.807, 2.05) is 6.92 Å². The molecule has 0 aliphatic rings. The number of halogens is 1. The molecule has 9 heteroatoms. The van der Waals surface area contributed by atoms with E-state index in [4.69, 9.17) is 11.6 Å². The fourth-order valence-corrected chi connectivity index (χ4v) is 4.59. The zero-order chi connectivity index (χ0) is 23.3. The molecule has 0 saturated heterocycles. The van der Waals surface area contributed by atoms with E-state index in [1.165, 1.54) is 24.4 Å². The largest absolute Gasteiger partial charge is 0.507 e. The predicted molar refractivity (Wildman–Crippen MR) is 126 cm³/mol. The van der Waals surface area contributed by atoms with Gasteiger partial charge in [0.25, 0.3) is 15.9 Å². The number of amides is 1. The minimum absolute atomic E-state index is 0.00336. The number of para-hydroxylation sites is 1. The fraction of sp³-hybridized carbons (Fsp3) is 0.130. The molecule has 7 nitrogen and oxygen atoms in total. The molecule has 0 saturated carbocycles. The number of hydrogen-bond acceptors (Lipinski definition) is 5. The van der Waals surface area contributed by atoms with Gasteiger partial charge in [-0.05, 0) is 55.8 Å². The topological polar surface area (TPSA) is 99.1 Å². The first kappa shape index (κ1) is 23.3. The number of nitrogens with zero attached hydrogens (tertiary/aromatic N) is 2. The molecule has 3 aromatic carbocycles. The van der Waals surface area contributed by atoms with Crippen LogP contribution in [0, 0.1) is 13.8 Å². The summed E-state index contributed by atoms with van der Waals surface area (Å²) < 4.78 is 27.8. The van der Waals surface area contributed by atoms with Crippen molar-refractivity contribution in [2.24, 2.45) is 5.10 Å². The first-order valence-electron chi connectivity index (χ1n) is 9.64. The summed E-state index contributed by atoms with van der Waals surface area (Å²) in [5.74, 6) is -0.657. The van der Waals surface area contributed by atoms with E-state index < -0.39 is 22.5 Å². The van der Waals surface area contributed by atoms with Crippen molar-refractivity contribution in [3.8, 4) is 5.75 Å². The molecular weight excluding hydrogens is 450 g/mol. The van der Waals surface area contributed by atoms with Crippen LogP contribution in [-0.4, -0.2) is 32.2 Å². The van der Waals surface area contributed by atoms with Gasteiger partial charge in [0.1, 0.15) is 12.3 Å². The van der Waals surface area contributed by atoms with E-state index in [1.54, 1.807) is 55.5 Å². The Balaban J connectivity index is 1.91. The number of sulfonamides is 1. The highest BCUT2D eigenvalue weighted by molar-refractivity contribution is 7.92. The Morgan fingerprint density at radius 2 is 1.75 bits per heavy atom. The maximum Gasteiger partial charge on any atom is 0.264 e. The zero-order valence-electron chi connectivity index (χ0n) is 17.5. The Kier molecular flexibility index (Phi) is 7.17. The van der Waals surface area contributed by atoms with Gasteiger partial charge in [-0.2, -0.15) is 5.10 Å². The normalized spacial score (nSPS) is 11.5. The molecule has 0 aliphatic heterocycles. The second-order valence-corrected chi connectivity index (χ2v) is 9.33. The molecule has 32 heavy (non-hydrogen) atoms. The number of anilines is 1. The summed E-state index contributed by atoms with van der Waals surface area (Å²) in [5.41, 5.74) is 4.43. The third-order valence-corrected chi connectivity index (χ3v) is 6.92. The van der Waals surface area contributed by atoms with Crippen molar-refractivity contribution in [2.45, 2.75) is 18.7 Å². The maximum atomic E-state index is 13.4. The first-order valence-corrected chi connectivity index (χ1v) is 11.5. The number of phenols is 1. The Labute approximate surface area is 192 Å². The number of aryl methyl sites for hydroxylation is 1. The number of rotatable bonds is 7. The summed E-state index contributed by atoms with van der Waals surface area (Å²) >= 11 is 6.21. The number of benzene rings is 3. The van der Waals surface area contributed by atoms with Crippen LogP contribution in [0.5, 0.6) is 5.75 Å². The number of carbonyl (C=O) groups excluding carboxylic acids is 1. The van der Waals surface area contributed by atoms with Crippen molar-refractivity contribution in [2.75, 3.05) is 10.8 Å². The third kappa shape index (κ3) is 5.27. The van der Waals surface area contributed by atoms with Gasteiger partial charge in [0, 0.05) is 10.6 Å². The Hall–Kier alpha value is -3.36. The molecule has 0 fully saturated rings. The van der Waals surface area contributed by atoms with E-state index in [-0.39, 0.29) is 16.3 Å². The van der Waals surface area contributed by atoms with Gasteiger partial charge < -0.3 is 5.11 Å². The van der Waals surface area contributed by atoms with E-state index in [0.29, 0.717) is 16.1 Å². The average Bonchev–Trinajstić information content (AvgIpc) is 2.76. The third-order valence-electron chi connectivity index (χ3n) is 4.73. The number of aromatic hydroxyl groups is 1. The Bertz CT molecular complexity index is 1260. The van der Waals surface area contributed by atoms with Gasteiger partial charge in [0.2, 0.25) is 0 Å². The fourth-order valence-electron chi connectivity index (χ4n) is 2.94. The molecule has 0 bridgehead atoms. The summed E-state index contributed by atoms with van der Waals surface area (Å²) in [4.78, 5) is 12.7. The van der Waals surface area contributed by atoms with Crippen LogP contribution in [0.25, 0.3) is 0 Å². The van der Waals surface area contributed by atoms with Crippen molar-refractivity contribution in [1.82, 2.24) is 5.43 Å². The smallest absolute Gasteiger partial charge is 0.264 e. The second-order valence-electron chi connectivity index (χ2n) is 7.06. The van der Waals surface area contributed by atoms with Gasteiger partial charge in [-0.3, -0.25) is 9.10 Å². The summed E-state index contributed by atoms with van der Waals surface area (Å²) in [6.45, 7) is 3.02. The summed E-state index contributed by atoms with van der Waals surface area (Å²) in [5, 5.41) is 14.0. The van der Waals surface area contributed by atoms with E-state index in [2.05, 4.69) is 10.5 Å². The van der Waals surface area contributed by atoms with Crippen LogP contribution in [0.4, 0.5) is 5.69 Å². The SMILES string of the molecule is Cc1ccc(S(=O)(=O)N(CC(=O)N/N=C\c2ccccc2O)c2cccc(Cl)c2C)cc1. The van der Waals surface area contributed by atoms with Gasteiger partial charge >= 0.3 is 0 Å². The molecule has 0 atom stereocenters. The average molecular weight is 472 g/mol. The van der Waals surface area contributed by atoms with Crippen LogP contribution in [0.1, 0.15) is 16.7 Å². The van der Waals surface area contributed by atoms with Crippen LogP contribution in [0.2, 0.25) is 5.02 Å². The lowest BCUT2D eigenvalue weighted by atomic mass is 10.2. The molecule has 0 unspecified atom stereocenters. The number of carbonyl (C=O) groups is 1. The number of phenolic OH excluding ortho intramolecular Hbond substituents is 1. The van der Waals surface area contributed by atoms with E-state index in [9.17, 15) is 18.3 Å². The summed E-state index contributed by atoms with van der Waals surface area (Å²) in [7, 11) is -4.07. The summed E-state index contributed by atoms with van der Waals surface area (Å²) in [6, 6.07) is 17.7. The van der Waals surface area contributed by atoms with Crippen LogP contribution in [0.3, 0.4) is 0 Å². The summed E-state index contributed by atoms with van der Waals surface area (Å²) in [6.07, 6.45) is 1.27. The molecule has 3 aromatic rings. The van der Waals surface area contributed by atoms with Gasteiger partial charge in [0.15, 0.2) is 0 Å². The molecule has 0 heterocycles. The molecular formula is C23H22ClN3O4S. The Morgan fingerprint density at radius 3 is 2.44 bits per heavy atom. The monoisotopic (exact) mass is 471 g/mol. The van der Waals surface area contributed by atoms with E-state index >= 15 is 0 Å². The lowest BCUT2D eigenvalue weighted by molar-refractivity contribution is -0.119. The number of nitrogens with one attached hydrogen (secondary N) is 1. The molecule has 0 aliphatic carbocycles. The Morgan fingerprint density at radius 1 is 1.06 bits per heavy atom. The van der Waals surface area contributed by atoms with Crippen LogP contribution in [-0.2, 0) is 14.8 Å². The van der Waals surface area contributed by atoms with E-state index in [0.717, 1.165) is 9.87 Å². The molecule has 2 N–H and O–H groups in total. The highest BCUT2D eigenvalue weighted by atomic mass is 35.5. The lowest BCUT2D eigenvalue weighted by Gasteiger charge is -2.25. The minimum atomic E-state index is -4.07. The lowest BCUT2D eigenvalue weighted by Crippen LogP contribution is -2.40. The van der Waals surface area contributed by atoms with Crippen molar-refractivity contribution in [3.05, 3.63) is 88.4 Å². The maximum absolute atomic E-state index is 13.4. The van der Waals surface area contributed by atoms with Crippen molar-refractivity contribution in [1.29, 1.82) is 0 Å². The second kappa shape index (κ2) is 9.84. The molecule has 1 amide bonds. The van der Waals surface area contributed by atoms with Gasteiger partial charge in [0.05, 0.1) is 16.8 Å². The zero-order valence-corrected chi connectivity index (χ0v) is 19.1. The highest BCUT2D eigenvalue weighted by Crippen LogP contribution is 2.30. The molecule has 0 radical (unpaired) electrons. The van der Waals surface area contributed by atoms with Crippen molar-refractivity contribution in [3.63, 3.8) is 0 Å². The van der Waals surface area contributed by atoms with Crippen LogP contribution in [0.15, 0.2) is 76.7 Å². The standard InChI is InChI=1S/C23H22ClN3O4S/c1-16-10-12-19(13-11-16)32(30,31)27(21-8-5-7-20(24)17(21)2)15-23(29)26-25-14-18-6-3-4-9-22(18)28/h3-14,28H,15H2,1-2H3,(H,26,29)/b25-14-. The molecule has 0 spiro atoms. The van der Waals surface area contributed by atoms with Crippen LogP contribution < -0.4 is 9.73 Å². The minimum Gasteiger partial charge on any atom is -0.507 e. The quantitative estimate of drug-likeness (QED) is 0.401.